The maximum absolute atomic E-state index is 13.8. The van der Waals surface area contributed by atoms with Crippen molar-refractivity contribution in [2.75, 3.05) is 0 Å². The number of halogens is 2. The molecule has 0 aliphatic rings. The number of fused-ring (bicyclic) bond motifs is 1. The van der Waals surface area contributed by atoms with Gasteiger partial charge in [-0.15, -0.1) is 22.7 Å². The van der Waals surface area contributed by atoms with E-state index in [0.717, 1.165) is 21.6 Å². The Labute approximate surface area is 183 Å². The molecule has 31 heavy (non-hydrogen) atoms. The summed E-state index contributed by atoms with van der Waals surface area (Å²) in [5.41, 5.74) is -0.439. The zero-order chi connectivity index (χ0) is 22.0. The molecular formula is C21H17F2N3O3S2. The molecule has 0 atom stereocenters. The van der Waals surface area contributed by atoms with Crippen molar-refractivity contribution in [3.63, 3.8) is 0 Å². The van der Waals surface area contributed by atoms with Gasteiger partial charge < -0.3 is 5.32 Å². The van der Waals surface area contributed by atoms with E-state index in [2.05, 4.69) is 5.32 Å². The fourth-order valence-electron chi connectivity index (χ4n) is 3.22. The first-order valence-electron chi connectivity index (χ1n) is 9.38. The monoisotopic (exact) mass is 461 g/mol. The van der Waals surface area contributed by atoms with Crippen molar-refractivity contribution in [2.24, 2.45) is 0 Å². The largest absolute Gasteiger partial charge is 0.350 e. The first-order valence-corrected chi connectivity index (χ1v) is 11.1. The van der Waals surface area contributed by atoms with E-state index in [1.807, 2.05) is 17.5 Å². The number of aryl methyl sites for hydroxylation is 1. The van der Waals surface area contributed by atoms with Crippen LogP contribution >= 0.6 is 22.7 Å². The summed E-state index contributed by atoms with van der Waals surface area (Å²) in [5.74, 6) is -2.00. The van der Waals surface area contributed by atoms with Crippen LogP contribution in [0.1, 0.15) is 10.4 Å². The Balaban J connectivity index is 1.57. The van der Waals surface area contributed by atoms with Crippen molar-refractivity contribution in [1.29, 1.82) is 0 Å². The van der Waals surface area contributed by atoms with Gasteiger partial charge in [0, 0.05) is 29.6 Å². The molecule has 1 aromatic carbocycles. The lowest BCUT2D eigenvalue weighted by molar-refractivity contribution is -0.121. The number of rotatable bonds is 7. The zero-order valence-electron chi connectivity index (χ0n) is 16.1. The topological polar surface area (TPSA) is 73.1 Å². The molecular weight excluding hydrogens is 444 g/mol. The molecule has 1 N–H and O–H groups in total. The summed E-state index contributed by atoms with van der Waals surface area (Å²) in [6.07, 6.45) is 0.528. The highest BCUT2D eigenvalue weighted by atomic mass is 32.1. The van der Waals surface area contributed by atoms with Crippen LogP contribution in [0.2, 0.25) is 0 Å². The lowest BCUT2D eigenvalue weighted by Gasteiger charge is -2.12. The zero-order valence-corrected chi connectivity index (χ0v) is 17.8. The average molecular weight is 462 g/mol. The third-order valence-corrected chi connectivity index (χ3v) is 6.62. The number of aromatic nitrogens is 2. The van der Waals surface area contributed by atoms with Crippen LogP contribution in [0.15, 0.2) is 56.7 Å². The summed E-state index contributed by atoms with van der Waals surface area (Å²) >= 11 is 2.75. The minimum absolute atomic E-state index is 0.128. The van der Waals surface area contributed by atoms with Gasteiger partial charge in [0.2, 0.25) is 5.91 Å². The molecule has 0 unspecified atom stereocenters. The van der Waals surface area contributed by atoms with Gasteiger partial charge in [-0.2, -0.15) is 0 Å². The number of hydrogen-bond donors (Lipinski definition) is 1. The maximum atomic E-state index is 13.8. The maximum Gasteiger partial charge on any atom is 0.332 e. The first-order chi connectivity index (χ1) is 14.9. The molecule has 10 heteroatoms. The average Bonchev–Trinajstić information content (AvgIpc) is 3.42. The Hall–Kier alpha value is -3.11. The summed E-state index contributed by atoms with van der Waals surface area (Å²) in [7, 11) is 0. The number of carbonyl (C=O) groups excluding carboxylic acids is 1. The van der Waals surface area contributed by atoms with Crippen LogP contribution < -0.4 is 16.6 Å². The van der Waals surface area contributed by atoms with Crippen LogP contribution in [-0.2, 0) is 30.8 Å². The Morgan fingerprint density at radius 3 is 2.61 bits per heavy atom. The second-order valence-electron chi connectivity index (χ2n) is 6.80. The molecule has 0 aliphatic heterocycles. The number of nitrogens with one attached hydrogen (secondary N) is 1. The number of hydrogen-bond acceptors (Lipinski definition) is 5. The van der Waals surface area contributed by atoms with Gasteiger partial charge in [-0.1, -0.05) is 12.1 Å². The van der Waals surface area contributed by atoms with Crippen molar-refractivity contribution in [2.45, 2.75) is 26.1 Å². The number of amides is 1. The van der Waals surface area contributed by atoms with Crippen LogP contribution in [-0.4, -0.2) is 15.0 Å². The molecule has 0 spiro atoms. The van der Waals surface area contributed by atoms with Crippen molar-refractivity contribution in [1.82, 2.24) is 14.5 Å². The lowest BCUT2D eigenvalue weighted by Crippen LogP contribution is -2.42. The molecule has 160 valence electrons. The van der Waals surface area contributed by atoms with Gasteiger partial charge >= 0.3 is 5.69 Å². The predicted molar refractivity (Wildman–Crippen MR) is 117 cm³/mol. The molecule has 0 radical (unpaired) electrons. The van der Waals surface area contributed by atoms with Crippen molar-refractivity contribution >= 4 is 38.8 Å². The molecule has 0 aliphatic carbocycles. The molecule has 0 saturated carbocycles. The summed E-state index contributed by atoms with van der Waals surface area (Å²) in [6, 6.07) is 8.55. The fourth-order valence-corrected chi connectivity index (χ4v) is 4.76. The summed E-state index contributed by atoms with van der Waals surface area (Å²) in [6.45, 7) is -0.271. The van der Waals surface area contributed by atoms with E-state index in [-0.39, 0.29) is 30.8 Å². The van der Waals surface area contributed by atoms with Gasteiger partial charge in [0.05, 0.1) is 5.52 Å². The van der Waals surface area contributed by atoms with Crippen LogP contribution in [0.5, 0.6) is 0 Å². The Bertz CT molecular complexity index is 1360. The third kappa shape index (κ3) is 4.49. The molecule has 3 heterocycles. The van der Waals surface area contributed by atoms with Crippen molar-refractivity contribution < 1.29 is 13.6 Å². The summed E-state index contributed by atoms with van der Waals surface area (Å²) in [4.78, 5) is 39.3. The van der Waals surface area contributed by atoms with Crippen molar-refractivity contribution in [3.8, 4) is 0 Å². The molecule has 1 amide bonds. The van der Waals surface area contributed by atoms with Crippen LogP contribution in [0.25, 0.3) is 10.2 Å². The van der Waals surface area contributed by atoms with E-state index in [4.69, 9.17) is 0 Å². The highest BCUT2D eigenvalue weighted by Crippen LogP contribution is 2.16. The normalized spacial score (nSPS) is 11.2. The van der Waals surface area contributed by atoms with Gasteiger partial charge in [-0.25, -0.2) is 13.6 Å². The minimum Gasteiger partial charge on any atom is -0.350 e. The van der Waals surface area contributed by atoms with Gasteiger partial charge in [0.15, 0.2) is 0 Å². The van der Waals surface area contributed by atoms with E-state index < -0.39 is 23.2 Å². The number of nitrogens with zero attached hydrogens (tertiary/aromatic N) is 2. The predicted octanol–water partition coefficient (Wildman–Crippen LogP) is 3.12. The smallest absolute Gasteiger partial charge is 0.332 e. The standard InChI is InChI=1S/C21H17F2N3O3S2/c22-14-4-3-13(16(23)10-14)11-24-18(27)12-26-17-6-9-31-19(17)20(28)25(21(26)29)7-5-15-2-1-8-30-15/h1-4,6,8-10H,5,7,11-12H2,(H,24,27). The van der Waals surface area contributed by atoms with Gasteiger partial charge in [-0.05, 0) is 35.4 Å². The second kappa shape index (κ2) is 8.94. The molecule has 4 rings (SSSR count). The Morgan fingerprint density at radius 2 is 1.87 bits per heavy atom. The lowest BCUT2D eigenvalue weighted by atomic mass is 10.2. The van der Waals surface area contributed by atoms with E-state index in [9.17, 15) is 23.2 Å². The molecule has 0 fully saturated rings. The van der Waals surface area contributed by atoms with Crippen molar-refractivity contribution in [3.05, 3.63) is 90.1 Å². The van der Waals surface area contributed by atoms with E-state index in [1.165, 1.54) is 22.0 Å². The number of carbonyl (C=O) groups is 1. The second-order valence-corrected chi connectivity index (χ2v) is 8.75. The number of thiophene rings is 2. The highest BCUT2D eigenvalue weighted by molar-refractivity contribution is 7.17. The fraction of sp³-hybridized carbons (Fsp3) is 0.190. The van der Waals surface area contributed by atoms with Gasteiger partial charge in [0.25, 0.3) is 5.56 Å². The van der Waals surface area contributed by atoms with Gasteiger partial charge in [-0.3, -0.25) is 18.7 Å². The molecule has 3 aromatic heterocycles. The van der Waals surface area contributed by atoms with E-state index in [1.54, 1.807) is 22.8 Å². The van der Waals surface area contributed by atoms with Crippen LogP contribution in [0.3, 0.4) is 0 Å². The molecule has 0 saturated heterocycles. The molecule has 0 bridgehead atoms. The quantitative estimate of drug-likeness (QED) is 0.460. The minimum atomic E-state index is -0.764. The van der Waals surface area contributed by atoms with Gasteiger partial charge in [0.1, 0.15) is 22.9 Å². The van der Waals surface area contributed by atoms with E-state index >= 15 is 0 Å². The Morgan fingerprint density at radius 1 is 1.03 bits per heavy atom. The Kier molecular flexibility index (Phi) is 6.10. The summed E-state index contributed by atoms with van der Waals surface area (Å²) < 4.78 is 29.6. The molecule has 6 nitrogen and oxygen atoms in total. The van der Waals surface area contributed by atoms with E-state index in [0.29, 0.717) is 16.6 Å². The van der Waals surface area contributed by atoms with Crippen LogP contribution in [0, 0.1) is 11.6 Å². The SMILES string of the molecule is O=C(Cn1c(=O)n(CCc2cccs2)c(=O)c2sccc21)NCc1ccc(F)cc1F. The molecule has 4 aromatic rings. The first kappa shape index (κ1) is 21.1. The summed E-state index contributed by atoms with van der Waals surface area (Å²) in [5, 5.41) is 6.15. The third-order valence-electron chi connectivity index (χ3n) is 4.79. The van der Waals surface area contributed by atoms with Crippen LogP contribution in [0.4, 0.5) is 8.78 Å². The number of benzene rings is 1. The highest BCUT2D eigenvalue weighted by Gasteiger charge is 2.17.